The number of benzene rings is 2. The van der Waals surface area contributed by atoms with Crippen molar-refractivity contribution in [3.8, 4) is 0 Å². The molecule has 2 N–H and O–H groups in total. The molecule has 1 atom stereocenters. The molecule has 0 spiro atoms. The average Bonchev–Trinajstić information content (AvgIpc) is 3.06. The molecular weight excluding hydrogens is 394 g/mol. The van der Waals surface area contributed by atoms with E-state index >= 15 is 0 Å². The fraction of sp³-hybridized carbons (Fsp3) is 0.417. The van der Waals surface area contributed by atoms with Gasteiger partial charge in [0.15, 0.2) is 0 Å². The Bertz CT molecular complexity index is 970. The molecular formula is C24H29N3O4. The molecule has 3 rings (SSSR count). The second-order valence-corrected chi connectivity index (χ2v) is 8.23. The van der Waals surface area contributed by atoms with Crippen LogP contribution in [-0.2, 0) is 25.6 Å². The number of likely N-dealkylation sites (tertiary alicyclic amines) is 1. The normalized spacial score (nSPS) is 14.9. The highest BCUT2D eigenvalue weighted by molar-refractivity contribution is 6.01. The van der Waals surface area contributed by atoms with Crippen LogP contribution in [-0.4, -0.2) is 47.7 Å². The van der Waals surface area contributed by atoms with E-state index in [4.69, 9.17) is 0 Å². The summed E-state index contributed by atoms with van der Waals surface area (Å²) in [4.78, 5) is 49.7. The molecule has 1 saturated heterocycles. The van der Waals surface area contributed by atoms with Crippen molar-refractivity contribution in [2.24, 2.45) is 5.92 Å². The van der Waals surface area contributed by atoms with Gasteiger partial charge in [-0.25, -0.2) is 0 Å². The summed E-state index contributed by atoms with van der Waals surface area (Å²) in [6.45, 7) is 4.39. The van der Waals surface area contributed by atoms with Gasteiger partial charge in [-0.2, -0.15) is 0 Å². The molecule has 31 heavy (non-hydrogen) atoms. The van der Waals surface area contributed by atoms with Gasteiger partial charge in [0, 0.05) is 25.9 Å². The van der Waals surface area contributed by atoms with Crippen molar-refractivity contribution >= 4 is 34.4 Å². The fourth-order valence-corrected chi connectivity index (χ4v) is 3.72. The molecule has 2 aromatic carbocycles. The van der Waals surface area contributed by atoms with E-state index in [0.29, 0.717) is 19.5 Å². The largest absolute Gasteiger partial charge is 0.354 e. The topological polar surface area (TPSA) is 95.6 Å². The smallest absolute Gasteiger partial charge is 0.242 e. The fourth-order valence-electron chi connectivity index (χ4n) is 3.72. The predicted molar refractivity (Wildman–Crippen MR) is 118 cm³/mol. The second-order valence-electron chi connectivity index (χ2n) is 8.23. The molecule has 0 aliphatic carbocycles. The number of rotatable bonds is 9. The summed E-state index contributed by atoms with van der Waals surface area (Å²) in [6, 6.07) is 13.2. The lowest BCUT2D eigenvalue weighted by Gasteiger charge is -2.22. The Kier molecular flexibility index (Phi) is 7.39. The molecule has 7 nitrogen and oxygen atoms in total. The van der Waals surface area contributed by atoms with Gasteiger partial charge < -0.3 is 10.6 Å². The van der Waals surface area contributed by atoms with Gasteiger partial charge in [0.1, 0.15) is 6.04 Å². The standard InChI is InChI=1S/C24H29N3O4/c1-16(2)23(24(31)25-12-5-13-27-21(29)10-11-22(27)30)26-20(28)15-17-8-9-18-6-3-4-7-19(18)14-17/h3-4,6-9,14,16,23H,5,10-13,15H2,1-2H3,(H,25,31)(H,26,28). The van der Waals surface area contributed by atoms with E-state index in [0.717, 1.165) is 16.3 Å². The number of hydrogen-bond donors (Lipinski definition) is 2. The van der Waals surface area contributed by atoms with Crippen molar-refractivity contribution < 1.29 is 19.2 Å². The molecule has 0 aromatic heterocycles. The van der Waals surface area contributed by atoms with Crippen LogP contribution in [0.15, 0.2) is 42.5 Å². The third kappa shape index (κ3) is 5.90. The lowest BCUT2D eigenvalue weighted by atomic mass is 10.0. The number of fused-ring (bicyclic) bond motifs is 1. The zero-order valence-electron chi connectivity index (χ0n) is 18.0. The minimum Gasteiger partial charge on any atom is -0.354 e. The Morgan fingerprint density at radius 3 is 2.35 bits per heavy atom. The molecule has 1 fully saturated rings. The predicted octanol–water partition coefficient (Wildman–Crippen LogP) is 2.18. The highest BCUT2D eigenvalue weighted by Gasteiger charge is 2.28. The zero-order chi connectivity index (χ0) is 22.4. The van der Waals surface area contributed by atoms with Crippen LogP contribution in [0.25, 0.3) is 10.8 Å². The molecule has 4 amide bonds. The molecule has 0 bridgehead atoms. The van der Waals surface area contributed by atoms with Crippen LogP contribution >= 0.6 is 0 Å². The van der Waals surface area contributed by atoms with Gasteiger partial charge in [-0.3, -0.25) is 24.1 Å². The number of imide groups is 1. The van der Waals surface area contributed by atoms with Crippen LogP contribution in [0.1, 0.15) is 38.7 Å². The van der Waals surface area contributed by atoms with Crippen molar-refractivity contribution in [1.82, 2.24) is 15.5 Å². The SMILES string of the molecule is CC(C)C(NC(=O)Cc1ccc2ccccc2c1)C(=O)NCCCN1C(=O)CCC1=O. The van der Waals surface area contributed by atoms with Crippen molar-refractivity contribution in [2.75, 3.05) is 13.1 Å². The van der Waals surface area contributed by atoms with E-state index in [1.54, 1.807) is 0 Å². The van der Waals surface area contributed by atoms with Gasteiger partial charge in [0.05, 0.1) is 6.42 Å². The lowest BCUT2D eigenvalue weighted by Crippen LogP contribution is -2.50. The zero-order valence-corrected chi connectivity index (χ0v) is 18.0. The Morgan fingerprint density at radius 1 is 1.00 bits per heavy atom. The summed E-state index contributed by atoms with van der Waals surface area (Å²) in [5, 5.41) is 7.83. The van der Waals surface area contributed by atoms with Gasteiger partial charge in [0.2, 0.25) is 23.6 Å². The maximum absolute atomic E-state index is 12.6. The minimum atomic E-state index is -0.650. The summed E-state index contributed by atoms with van der Waals surface area (Å²) >= 11 is 0. The summed E-state index contributed by atoms with van der Waals surface area (Å²) < 4.78 is 0. The Hall–Kier alpha value is -3.22. The van der Waals surface area contributed by atoms with Crippen molar-refractivity contribution in [1.29, 1.82) is 0 Å². The van der Waals surface area contributed by atoms with Gasteiger partial charge in [-0.15, -0.1) is 0 Å². The quantitative estimate of drug-likeness (QED) is 0.477. The highest BCUT2D eigenvalue weighted by atomic mass is 16.2. The first-order chi connectivity index (χ1) is 14.8. The summed E-state index contributed by atoms with van der Waals surface area (Å²) in [5.74, 6) is -0.865. The van der Waals surface area contributed by atoms with E-state index in [2.05, 4.69) is 10.6 Å². The third-order valence-corrected chi connectivity index (χ3v) is 5.46. The van der Waals surface area contributed by atoms with Crippen LogP contribution in [0, 0.1) is 5.92 Å². The molecule has 7 heteroatoms. The van der Waals surface area contributed by atoms with Crippen LogP contribution in [0.4, 0.5) is 0 Å². The second kappa shape index (κ2) is 10.2. The molecule has 1 unspecified atom stereocenters. The van der Waals surface area contributed by atoms with Crippen molar-refractivity contribution in [3.05, 3.63) is 48.0 Å². The number of carbonyl (C=O) groups excluding carboxylic acids is 4. The Morgan fingerprint density at radius 2 is 1.68 bits per heavy atom. The third-order valence-electron chi connectivity index (χ3n) is 5.46. The van der Waals surface area contributed by atoms with Crippen LogP contribution in [0.2, 0.25) is 0 Å². The molecule has 0 radical (unpaired) electrons. The molecule has 1 aliphatic rings. The Balaban J connectivity index is 1.49. The monoisotopic (exact) mass is 423 g/mol. The van der Waals surface area contributed by atoms with E-state index in [-0.39, 0.29) is 48.8 Å². The first kappa shape index (κ1) is 22.5. The average molecular weight is 424 g/mol. The van der Waals surface area contributed by atoms with Crippen molar-refractivity contribution in [2.45, 2.75) is 45.6 Å². The maximum Gasteiger partial charge on any atom is 0.242 e. The first-order valence-corrected chi connectivity index (χ1v) is 10.7. The van der Waals surface area contributed by atoms with Gasteiger partial charge in [-0.05, 0) is 28.7 Å². The van der Waals surface area contributed by atoms with E-state index in [1.807, 2.05) is 56.3 Å². The van der Waals surface area contributed by atoms with Crippen molar-refractivity contribution in [3.63, 3.8) is 0 Å². The molecule has 2 aromatic rings. The molecule has 1 aliphatic heterocycles. The molecule has 0 saturated carbocycles. The number of hydrogen-bond acceptors (Lipinski definition) is 4. The molecule has 164 valence electrons. The number of amides is 4. The number of carbonyl (C=O) groups is 4. The van der Waals surface area contributed by atoms with Crippen LogP contribution < -0.4 is 10.6 Å². The van der Waals surface area contributed by atoms with Crippen LogP contribution in [0.5, 0.6) is 0 Å². The molecule has 1 heterocycles. The lowest BCUT2D eigenvalue weighted by molar-refractivity contribution is -0.138. The first-order valence-electron chi connectivity index (χ1n) is 10.7. The number of nitrogens with zero attached hydrogens (tertiary/aromatic N) is 1. The van der Waals surface area contributed by atoms with Crippen LogP contribution in [0.3, 0.4) is 0 Å². The van der Waals surface area contributed by atoms with Gasteiger partial charge >= 0.3 is 0 Å². The minimum absolute atomic E-state index is 0.0812. The summed E-state index contributed by atoms with van der Waals surface area (Å²) in [7, 11) is 0. The maximum atomic E-state index is 12.6. The van der Waals surface area contributed by atoms with Gasteiger partial charge in [-0.1, -0.05) is 56.3 Å². The highest BCUT2D eigenvalue weighted by Crippen LogP contribution is 2.16. The Labute approximate surface area is 182 Å². The van der Waals surface area contributed by atoms with E-state index in [9.17, 15) is 19.2 Å². The van der Waals surface area contributed by atoms with Gasteiger partial charge in [0.25, 0.3) is 0 Å². The van der Waals surface area contributed by atoms with E-state index < -0.39 is 6.04 Å². The summed E-state index contributed by atoms with van der Waals surface area (Å²) in [6.07, 6.45) is 1.22. The van der Waals surface area contributed by atoms with E-state index in [1.165, 1.54) is 4.90 Å². The number of nitrogens with one attached hydrogen (secondary N) is 2. The summed E-state index contributed by atoms with van der Waals surface area (Å²) in [5.41, 5.74) is 0.888.